The summed E-state index contributed by atoms with van der Waals surface area (Å²) in [7, 11) is 0. The van der Waals surface area contributed by atoms with Gasteiger partial charge >= 0.3 is 0 Å². The molecule has 2 aromatic heterocycles. The summed E-state index contributed by atoms with van der Waals surface area (Å²) < 4.78 is 2.44. The van der Waals surface area contributed by atoms with Crippen LogP contribution in [0.1, 0.15) is 0 Å². The van der Waals surface area contributed by atoms with Gasteiger partial charge in [0.2, 0.25) is 0 Å². The number of aromatic nitrogens is 5. The predicted octanol–water partition coefficient (Wildman–Crippen LogP) is 0.820. The largest absolute Gasteiger partial charge is 0.272 e. The second-order valence-electron chi connectivity index (χ2n) is 2.07. The number of halogens is 1. The van der Waals surface area contributed by atoms with Gasteiger partial charge in [0.25, 0.3) is 0 Å². The molecule has 0 radical (unpaired) electrons. The second kappa shape index (κ2) is 2.98. The van der Waals surface area contributed by atoms with Gasteiger partial charge < -0.3 is 0 Å². The van der Waals surface area contributed by atoms with Crippen LogP contribution in [0, 0.1) is 0 Å². The van der Waals surface area contributed by atoms with E-state index in [9.17, 15) is 0 Å². The van der Waals surface area contributed by atoms with Crippen LogP contribution in [-0.4, -0.2) is 24.7 Å². The topological polar surface area (TPSA) is 56.5 Å². The molecule has 12 heavy (non-hydrogen) atoms. The van der Waals surface area contributed by atoms with Gasteiger partial charge in [-0.05, 0) is 15.9 Å². The van der Waals surface area contributed by atoms with Gasteiger partial charge in [0.15, 0.2) is 0 Å². The van der Waals surface area contributed by atoms with Crippen LogP contribution in [0.4, 0.5) is 0 Å². The van der Waals surface area contributed by atoms with Crippen LogP contribution in [0.2, 0.25) is 0 Å². The fourth-order valence-electron chi connectivity index (χ4n) is 0.784. The van der Waals surface area contributed by atoms with Crippen LogP contribution in [0.5, 0.6) is 0 Å². The highest BCUT2D eigenvalue weighted by Gasteiger charge is 1.97. The highest BCUT2D eigenvalue weighted by molar-refractivity contribution is 9.10. The van der Waals surface area contributed by atoms with Gasteiger partial charge in [0, 0.05) is 6.07 Å². The normalized spacial score (nSPS) is 10.1. The molecule has 0 N–H and O–H groups in total. The maximum atomic E-state index is 4.02. The van der Waals surface area contributed by atoms with Gasteiger partial charge in [-0.2, -0.15) is 0 Å². The zero-order valence-corrected chi connectivity index (χ0v) is 7.51. The Hall–Kier alpha value is -1.30. The van der Waals surface area contributed by atoms with Gasteiger partial charge in [-0.3, -0.25) is 4.57 Å². The van der Waals surface area contributed by atoms with E-state index in [0.29, 0.717) is 0 Å². The molecular weight excluding hydrogens is 222 g/mol. The van der Waals surface area contributed by atoms with Crippen LogP contribution >= 0.6 is 15.9 Å². The maximum Gasteiger partial charge on any atom is 0.143 e. The van der Waals surface area contributed by atoms with Gasteiger partial charge in [0.1, 0.15) is 29.4 Å². The second-order valence-corrected chi connectivity index (χ2v) is 2.88. The molecule has 2 heterocycles. The Labute approximate surface area is 76.6 Å². The zero-order valence-electron chi connectivity index (χ0n) is 5.92. The van der Waals surface area contributed by atoms with Gasteiger partial charge in [0.05, 0.1) is 0 Å². The van der Waals surface area contributed by atoms with Gasteiger partial charge in [-0.15, -0.1) is 10.2 Å². The van der Waals surface area contributed by atoms with E-state index in [2.05, 4.69) is 36.1 Å². The summed E-state index contributed by atoms with van der Waals surface area (Å²) in [5, 5.41) is 7.33. The lowest BCUT2D eigenvalue weighted by Gasteiger charge is -1.97. The molecule has 0 amide bonds. The van der Waals surface area contributed by atoms with Crippen molar-refractivity contribution in [2.24, 2.45) is 0 Å². The average molecular weight is 226 g/mol. The van der Waals surface area contributed by atoms with E-state index in [1.165, 1.54) is 6.33 Å². The molecule has 0 saturated heterocycles. The summed E-state index contributed by atoms with van der Waals surface area (Å²) in [6.45, 7) is 0. The van der Waals surface area contributed by atoms with Crippen LogP contribution in [0.3, 0.4) is 0 Å². The zero-order chi connectivity index (χ0) is 8.39. The molecule has 6 heteroatoms. The minimum Gasteiger partial charge on any atom is -0.272 e. The van der Waals surface area contributed by atoms with E-state index in [-0.39, 0.29) is 0 Å². The third kappa shape index (κ3) is 1.33. The molecule has 2 aromatic rings. The predicted molar refractivity (Wildman–Crippen MR) is 44.6 cm³/mol. The van der Waals surface area contributed by atoms with Crippen molar-refractivity contribution in [2.75, 3.05) is 0 Å². The molecule has 0 unspecified atom stereocenters. The number of hydrogen-bond donors (Lipinski definition) is 0. The van der Waals surface area contributed by atoms with Gasteiger partial charge in [-0.25, -0.2) is 9.97 Å². The summed E-state index contributed by atoms with van der Waals surface area (Å²) in [5.41, 5.74) is 0. The Bertz CT molecular complexity index is 371. The first-order chi connectivity index (χ1) is 5.86. The monoisotopic (exact) mass is 225 g/mol. The minimum absolute atomic E-state index is 0.737. The summed E-state index contributed by atoms with van der Waals surface area (Å²) in [5.74, 6) is 0.738. The molecular formula is C6H4BrN5. The SMILES string of the molecule is Brc1cc(-n2cnnc2)ncn1. The van der Waals surface area contributed by atoms with E-state index in [4.69, 9.17) is 0 Å². The van der Waals surface area contributed by atoms with Crippen molar-refractivity contribution in [3.8, 4) is 5.82 Å². The first-order valence-electron chi connectivity index (χ1n) is 3.19. The van der Waals surface area contributed by atoms with Crippen molar-refractivity contribution >= 4 is 15.9 Å². The van der Waals surface area contributed by atoms with Crippen LogP contribution in [0.15, 0.2) is 29.7 Å². The van der Waals surface area contributed by atoms with Crippen LogP contribution in [-0.2, 0) is 0 Å². The van der Waals surface area contributed by atoms with Crippen LogP contribution < -0.4 is 0 Å². The summed E-state index contributed by atoms with van der Waals surface area (Å²) in [4.78, 5) is 7.93. The lowest BCUT2D eigenvalue weighted by atomic mass is 10.6. The molecule has 0 aliphatic heterocycles. The molecule has 0 saturated carbocycles. The van der Waals surface area contributed by atoms with Crippen molar-refractivity contribution in [1.82, 2.24) is 24.7 Å². The minimum atomic E-state index is 0.737. The maximum absolute atomic E-state index is 4.02. The molecule has 2 rings (SSSR count). The summed E-state index contributed by atoms with van der Waals surface area (Å²) in [6, 6.07) is 1.78. The van der Waals surface area contributed by atoms with Crippen molar-refractivity contribution in [3.05, 3.63) is 29.7 Å². The number of nitrogens with zero attached hydrogens (tertiary/aromatic N) is 5. The summed E-state index contributed by atoms with van der Waals surface area (Å²) in [6.07, 6.45) is 4.63. The fraction of sp³-hybridized carbons (Fsp3) is 0. The molecule has 0 fully saturated rings. The molecule has 60 valence electrons. The first kappa shape index (κ1) is 7.35. The average Bonchev–Trinajstić information content (AvgIpc) is 2.56. The highest BCUT2D eigenvalue weighted by Crippen LogP contribution is 2.08. The number of rotatable bonds is 1. The molecule has 0 aliphatic carbocycles. The van der Waals surface area contributed by atoms with Crippen molar-refractivity contribution < 1.29 is 0 Å². The molecule has 0 aliphatic rings. The fourth-order valence-corrected chi connectivity index (χ4v) is 1.08. The van der Waals surface area contributed by atoms with Crippen molar-refractivity contribution in [3.63, 3.8) is 0 Å². The molecule has 0 bridgehead atoms. The van der Waals surface area contributed by atoms with Crippen LogP contribution in [0.25, 0.3) is 5.82 Å². The quantitative estimate of drug-likeness (QED) is 0.675. The van der Waals surface area contributed by atoms with E-state index in [1.807, 2.05) is 0 Å². The standard InChI is InChI=1S/C6H4BrN5/c7-5-1-6(9-2-8-5)12-3-10-11-4-12/h1-4H. The first-order valence-corrected chi connectivity index (χ1v) is 3.98. The Balaban J connectivity index is 2.48. The van der Waals surface area contributed by atoms with E-state index >= 15 is 0 Å². The highest BCUT2D eigenvalue weighted by atomic mass is 79.9. The Morgan fingerprint density at radius 1 is 1.17 bits per heavy atom. The van der Waals surface area contributed by atoms with Gasteiger partial charge in [-0.1, -0.05) is 0 Å². The van der Waals surface area contributed by atoms with Crippen molar-refractivity contribution in [1.29, 1.82) is 0 Å². The van der Waals surface area contributed by atoms with Crippen molar-refractivity contribution in [2.45, 2.75) is 0 Å². The van der Waals surface area contributed by atoms with E-state index in [1.54, 1.807) is 23.3 Å². The molecule has 5 nitrogen and oxygen atoms in total. The Morgan fingerprint density at radius 2 is 1.92 bits per heavy atom. The lowest BCUT2D eigenvalue weighted by molar-refractivity contribution is 0.961. The van der Waals surface area contributed by atoms with E-state index in [0.717, 1.165) is 10.4 Å². The Kier molecular flexibility index (Phi) is 1.83. The Morgan fingerprint density at radius 3 is 2.58 bits per heavy atom. The number of hydrogen-bond acceptors (Lipinski definition) is 4. The third-order valence-corrected chi connectivity index (χ3v) is 1.74. The van der Waals surface area contributed by atoms with E-state index < -0.39 is 0 Å². The lowest BCUT2D eigenvalue weighted by Crippen LogP contribution is -1.94. The molecule has 0 atom stereocenters. The molecule has 0 spiro atoms. The summed E-state index contributed by atoms with van der Waals surface area (Å²) >= 11 is 3.24. The smallest absolute Gasteiger partial charge is 0.143 e. The third-order valence-electron chi connectivity index (χ3n) is 1.30. The molecule has 0 aromatic carbocycles.